The Kier molecular flexibility index (Phi) is 4.35. The molecule has 0 spiro atoms. The average molecular weight is 339 g/mol. The first-order valence-corrected chi connectivity index (χ1v) is 9.54. The van der Waals surface area contributed by atoms with Crippen molar-refractivity contribution in [3.05, 3.63) is 33.1 Å². The van der Waals surface area contributed by atoms with Crippen LogP contribution < -0.4 is 0 Å². The standard InChI is InChI=1S/C17H22OS3/c1-16(2,3)11-7-10(18)8-12(17(4,5)6)15(11)13-9-14(19)21-20-13/h7-9,18H,1-6H3. The molecule has 0 atom stereocenters. The van der Waals surface area contributed by atoms with E-state index >= 15 is 0 Å². The van der Waals surface area contributed by atoms with E-state index in [9.17, 15) is 5.11 Å². The molecule has 1 N–H and O–H groups in total. The molecule has 0 saturated carbocycles. The third kappa shape index (κ3) is 3.55. The van der Waals surface area contributed by atoms with Gasteiger partial charge in [-0.1, -0.05) is 74.4 Å². The van der Waals surface area contributed by atoms with E-state index < -0.39 is 0 Å². The summed E-state index contributed by atoms with van der Waals surface area (Å²) in [6, 6.07) is 5.89. The third-order valence-electron chi connectivity index (χ3n) is 3.45. The molecule has 0 aliphatic carbocycles. The number of rotatable bonds is 1. The van der Waals surface area contributed by atoms with Crippen LogP contribution in [0.25, 0.3) is 10.4 Å². The highest BCUT2D eigenvalue weighted by molar-refractivity contribution is 7.80. The molecule has 4 heteroatoms. The van der Waals surface area contributed by atoms with Gasteiger partial charge in [0.2, 0.25) is 0 Å². The Hall–Kier alpha value is -0.710. The van der Waals surface area contributed by atoms with Gasteiger partial charge in [-0.25, -0.2) is 0 Å². The minimum Gasteiger partial charge on any atom is -0.508 e. The van der Waals surface area contributed by atoms with Crippen molar-refractivity contribution in [2.45, 2.75) is 52.4 Å². The molecule has 0 fully saturated rings. The van der Waals surface area contributed by atoms with Crippen LogP contribution in [0.2, 0.25) is 0 Å². The van der Waals surface area contributed by atoms with Crippen LogP contribution in [0.3, 0.4) is 0 Å². The summed E-state index contributed by atoms with van der Waals surface area (Å²) in [7, 11) is 3.36. The third-order valence-corrected chi connectivity index (χ3v) is 6.33. The maximum absolute atomic E-state index is 10.2. The summed E-state index contributed by atoms with van der Waals surface area (Å²) < 4.78 is 0.919. The summed E-state index contributed by atoms with van der Waals surface area (Å²) >= 11 is 5.31. The SMILES string of the molecule is CC(C)(C)c1cc(O)cc(C(C)(C)C)c1-c1cc(=S)ss1. The molecule has 1 aromatic carbocycles. The van der Waals surface area contributed by atoms with Gasteiger partial charge in [-0.2, -0.15) is 0 Å². The Morgan fingerprint density at radius 1 is 0.857 bits per heavy atom. The van der Waals surface area contributed by atoms with Gasteiger partial charge in [-0.15, -0.1) is 0 Å². The highest BCUT2D eigenvalue weighted by Crippen LogP contribution is 2.45. The van der Waals surface area contributed by atoms with Gasteiger partial charge >= 0.3 is 0 Å². The van der Waals surface area contributed by atoms with Crippen LogP contribution in [0, 0.1) is 3.82 Å². The van der Waals surface area contributed by atoms with E-state index in [1.54, 1.807) is 20.7 Å². The minimum absolute atomic E-state index is 0.0374. The molecule has 1 nitrogen and oxygen atoms in total. The Bertz CT molecular complexity index is 674. The van der Waals surface area contributed by atoms with E-state index in [4.69, 9.17) is 12.2 Å². The molecule has 1 heterocycles. The number of benzene rings is 1. The predicted molar refractivity (Wildman–Crippen MR) is 97.5 cm³/mol. The van der Waals surface area contributed by atoms with Crippen molar-refractivity contribution in [1.82, 2.24) is 0 Å². The van der Waals surface area contributed by atoms with Crippen molar-refractivity contribution in [2.75, 3.05) is 0 Å². The first-order valence-electron chi connectivity index (χ1n) is 6.98. The van der Waals surface area contributed by atoms with E-state index in [1.807, 2.05) is 12.1 Å². The summed E-state index contributed by atoms with van der Waals surface area (Å²) in [4.78, 5) is 1.21. The lowest BCUT2D eigenvalue weighted by molar-refractivity contribution is 0.466. The molecular formula is C17H22OS3. The summed E-state index contributed by atoms with van der Waals surface area (Å²) in [5.74, 6) is 0.340. The first kappa shape index (κ1) is 16.7. The lowest BCUT2D eigenvalue weighted by atomic mass is 9.75. The smallest absolute Gasteiger partial charge is 0.116 e. The Morgan fingerprint density at radius 2 is 1.33 bits per heavy atom. The Morgan fingerprint density at radius 3 is 1.67 bits per heavy atom. The van der Waals surface area contributed by atoms with Gasteiger partial charge < -0.3 is 5.11 Å². The normalized spacial score (nSPS) is 12.7. The van der Waals surface area contributed by atoms with Gasteiger partial charge in [0, 0.05) is 10.4 Å². The fraction of sp³-hybridized carbons (Fsp3) is 0.471. The van der Waals surface area contributed by atoms with Crippen LogP contribution in [-0.2, 0) is 10.8 Å². The highest BCUT2D eigenvalue weighted by atomic mass is 32.9. The molecular weight excluding hydrogens is 316 g/mol. The average Bonchev–Trinajstić information content (AvgIpc) is 2.72. The summed E-state index contributed by atoms with van der Waals surface area (Å²) in [5.41, 5.74) is 3.52. The van der Waals surface area contributed by atoms with Crippen LogP contribution >= 0.6 is 32.9 Å². The molecule has 0 radical (unpaired) electrons. The highest BCUT2D eigenvalue weighted by Gasteiger charge is 2.28. The van der Waals surface area contributed by atoms with Crippen molar-refractivity contribution < 1.29 is 5.11 Å². The van der Waals surface area contributed by atoms with Crippen molar-refractivity contribution in [3.63, 3.8) is 0 Å². The molecule has 1 aromatic heterocycles. The van der Waals surface area contributed by atoms with Gasteiger partial charge in [0.15, 0.2) is 0 Å². The predicted octanol–water partition coefficient (Wildman–Crippen LogP) is 6.51. The molecule has 0 aliphatic rings. The molecule has 0 amide bonds. The number of hydrogen-bond donors (Lipinski definition) is 1. The van der Waals surface area contributed by atoms with Crippen LogP contribution in [0.1, 0.15) is 52.7 Å². The van der Waals surface area contributed by atoms with Crippen LogP contribution in [0.4, 0.5) is 0 Å². The first-order chi connectivity index (χ1) is 9.50. The molecule has 114 valence electrons. The zero-order valence-corrected chi connectivity index (χ0v) is 15.9. The maximum atomic E-state index is 10.2. The summed E-state index contributed by atoms with van der Waals surface area (Å²) in [5, 5.41) is 10.2. The Labute approximate surface area is 139 Å². The van der Waals surface area contributed by atoms with E-state index in [2.05, 4.69) is 47.6 Å². The van der Waals surface area contributed by atoms with Crippen LogP contribution in [0.15, 0.2) is 18.2 Å². The number of phenolic OH excluding ortho intramolecular Hbond substituents is 1. The lowest BCUT2D eigenvalue weighted by Gasteiger charge is -2.30. The van der Waals surface area contributed by atoms with Gasteiger partial charge in [0.1, 0.15) is 9.57 Å². The van der Waals surface area contributed by atoms with Crippen LogP contribution in [0.5, 0.6) is 5.75 Å². The van der Waals surface area contributed by atoms with E-state index in [0.29, 0.717) is 5.75 Å². The molecule has 21 heavy (non-hydrogen) atoms. The monoisotopic (exact) mass is 338 g/mol. The molecule has 0 unspecified atom stereocenters. The number of phenols is 1. The second-order valence-electron chi connectivity index (χ2n) is 7.41. The van der Waals surface area contributed by atoms with Gasteiger partial charge in [-0.3, -0.25) is 0 Å². The molecule has 0 bridgehead atoms. The number of aromatic hydroxyl groups is 1. The topological polar surface area (TPSA) is 20.2 Å². The molecule has 2 aromatic rings. The van der Waals surface area contributed by atoms with Crippen molar-refractivity contribution in [2.24, 2.45) is 0 Å². The van der Waals surface area contributed by atoms with Gasteiger partial charge in [0.05, 0.1) is 0 Å². The number of hydrogen-bond acceptors (Lipinski definition) is 4. The van der Waals surface area contributed by atoms with E-state index in [-0.39, 0.29) is 10.8 Å². The second-order valence-corrected chi connectivity index (χ2v) is 10.3. The van der Waals surface area contributed by atoms with Crippen molar-refractivity contribution >= 4 is 32.9 Å². The van der Waals surface area contributed by atoms with Crippen molar-refractivity contribution in [3.8, 4) is 16.2 Å². The van der Waals surface area contributed by atoms with Gasteiger partial charge in [-0.05, 0) is 40.2 Å². The fourth-order valence-electron chi connectivity index (χ4n) is 2.43. The minimum atomic E-state index is -0.0374. The second kappa shape index (κ2) is 5.49. The zero-order chi connectivity index (χ0) is 16.0. The van der Waals surface area contributed by atoms with Gasteiger partial charge in [0.25, 0.3) is 0 Å². The molecule has 0 aliphatic heterocycles. The van der Waals surface area contributed by atoms with Crippen molar-refractivity contribution in [1.29, 1.82) is 0 Å². The zero-order valence-electron chi connectivity index (χ0n) is 13.4. The molecule has 2 rings (SSSR count). The largest absolute Gasteiger partial charge is 0.508 e. The fourth-order valence-corrected chi connectivity index (χ4v) is 4.87. The Balaban J connectivity index is 2.89. The molecule has 0 saturated heterocycles. The quantitative estimate of drug-likeness (QED) is 0.472. The summed E-state index contributed by atoms with van der Waals surface area (Å²) in [6.07, 6.45) is 0. The van der Waals surface area contributed by atoms with E-state index in [0.717, 1.165) is 3.82 Å². The maximum Gasteiger partial charge on any atom is 0.116 e. The van der Waals surface area contributed by atoms with E-state index in [1.165, 1.54) is 21.6 Å². The summed E-state index contributed by atoms with van der Waals surface area (Å²) in [6.45, 7) is 13.1. The van der Waals surface area contributed by atoms with Crippen LogP contribution in [-0.4, -0.2) is 5.11 Å². The lowest BCUT2D eigenvalue weighted by Crippen LogP contribution is -2.18.